The van der Waals surface area contributed by atoms with Crippen molar-refractivity contribution < 1.29 is 26.3 Å². The third-order valence-electron chi connectivity index (χ3n) is 2.89. The smallest absolute Gasteiger partial charge is 0.354 e. The first-order chi connectivity index (χ1) is 13.8. The van der Waals surface area contributed by atoms with Crippen molar-refractivity contribution in [3.05, 3.63) is 34.3 Å². The minimum absolute atomic E-state index is 0.101. The Balaban J connectivity index is 3.13. The van der Waals surface area contributed by atoms with E-state index in [0.717, 1.165) is 4.47 Å². The summed E-state index contributed by atoms with van der Waals surface area (Å²) in [5.41, 5.74) is 0.682. The number of benzene rings is 1. The lowest BCUT2D eigenvalue weighted by Crippen LogP contribution is -2.31. The molecule has 0 heterocycles. The Hall–Kier alpha value is -1.74. The zero-order valence-electron chi connectivity index (χ0n) is 15.1. The highest BCUT2D eigenvalue weighted by Crippen LogP contribution is 2.14. The SMILES string of the molecule is CC(=N\N=C(/S)NCC(F)(F)F)/C(=N/N=C(\S)NCC(F)(F)F)c1ccc(Br)cc1. The number of nitrogens with zero attached hydrogens (tertiary/aromatic N) is 4. The molecular formula is C15H15BrF6N6S2. The number of halogens is 7. The summed E-state index contributed by atoms with van der Waals surface area (Å²) in [6.07, 6.45) is -8.94. The number of hydrogen-bond donors (Lipinski definition) is 4. The van der Waals surface area contributed by atoms with Gasteiger partial charge in [-0.2, -0.15) is 31.4 Å². The number of rotatable bonds is 6. The summed E-state index contributed by atoms with van der Waals surface area (Å²) >= 11 is 10.8. The molecule has 1 aromatic rings. The molecule has 0 aliphatic rings. The highest BCUT2D eigenvalue weighted by molar-refractivity contribution is 9.10. The van der Waals surface area contributed by atoms with Crippen molar-refractivity contribution in [3.8, 4) is 0 Å². The molecule has 0 aromatic heterocycles. The third kappa shape index (κ3) is 11.4. The van der Waals surface area contributed by atoms with Crippen molar-refractivity contribution in [1.82, 2.24) is 10.6 Å². The number of thiol groups is 2. The quantitative estimate of drug-likeness (QED) is 0.143. The van der Waals surface area contributed by atoms with Crippen LogP contribution in [0.25, 0.3) is 0 Å². The van der Waals surface area contributed by atoms with Gasteiger partial charge in [-0.1, -0.05) is 28.1 Å². The van der Waals surface area contributed by atoms with Crippen LogP contribution < -0.4 is 10.6 Å². The van der Waals surface area contributed by atoms with Gasteiger partial charge in [0.2, 0.25) is 0 Å². The van der Waals surface area contributed by atoms with Crippen LogP contribution >= 0.6 is 41.2 Å². The Morgan fingerprint density at radius 3 is 1.70 bits per heavy atom. The molecule has 1 rings (SSSR count). The summed E-state index contributed by atoms with van der Waals surface area (Å²) in [5, 5.41) is 17.8. The maximum atomic E-state index is 12.2. The minimum atomic E-state index is -4.47. The van der Waals surface area contributed by atoms with Crippen LogP contribution in [0, 0.1) is 0 Å². The van der Waals surface area contributed by atoms with E-state index in [1.54, 1.807) is 24.3 Å². The van der Waals surface area contributed by atoms with Crippen LogP contribution in [0.3, 0.4) is 0 Å². The van der Waals surface area contributed by atoms with Gasteiger partial charge < -0.3 is 10.6 Å². The van der Waals surface area contributed by atoms with E-state index in [1.165, 1.54) is 6.92 Å². The molecule has 1 aromatic carbocycles. The number of nitrogens with one attached hydrogen (secondary N) is 2. The van der Waals surface area contributed by atoms with Gasteiger partial charge in [-0.15, -0.1) is 40.6 Å². The highest BCUT2D eigenvalue weighted by atomic mass is 79.9. The second kappa shape index (κ2) is 11.6. The molecule has 0 saturated heterocycles. The molecule has 0 saturated carbocycles. The second-order valence-corrected chi connectivity index (χ2v) is 7.19. The molecular weight excluding hydrogens is 522 g/mol. The maximum absolute atomic E-state index is 12.2. The van der Waals surface area contributed by atoms with E-state index in [4.69, 9.17) is 0 Å². The molecule has 0 aliphatic carbocycles. The van der Waals surface area contributed by atoms with E-state index in [2.05, 4.69) is 61.6 Å². The van der Waals surface area contributed by atoms with E-state index in [1.807, 2.05) is 10.6 Å². The fraction of sp³-hybridized carbons (Fsp3) is 0.333. The molecule has 30 heavy (non-hydrogen) atoms. The van der Waals surface area contributed by atoms with Crippen LogP contribution in [0.1, 0.15) is 12.5 Å². The third-order valence-corrected chi connectivity index (χ3v) is 3.92. The van der Waals surface area contributed by atoms with E-state index in [-0.39, 0.29) is 11.4 Å². The summed E-state index contributed by atoms with van der Waals surface area (Å²) in [7, 11) is 0. The van der Waals surface area contributed by atoms with E-state index in [9.17, 15) is 26.3 Å². The Morgan fingerprint density at radius 2 is 1.27 bits per heavy atom. The number of amidine groups is 2. The standard InChI is InChI=1S/C15H15BrF6N6S2/c1-8(25-27-12(29)23-6-14(17,18)19)11(9-2-4-10(16)5-3-9)26-28-13(30)24-7-15(20,21)22/h2-5H,6-7H2,1H3,(H2,23,27,29)(H2,24,28,30)/b25-8+,26-11-. The predicted molar refractivity (Wildman–Crippen MR) is 115 cm³/mol. The number of alkyl halides is 6. The van der Waals surface area contributed by atoms with Crippen LogP contribution in [-0.2, 0) is 0 Å². The van der Waals surface area contributed by atoms with Gasteiger partial charge in [0.1, 0.15) is 18.8 Å². The fourth-order valence-corrected chi connectivity index (χ4v) is 2.15. The summed E-state index contributed by atoms with van der Waals surface area (Å²) in [5.74, 6) is 0. The maximum Gasteiger partial charge on any atom is 0.405 e. The zero-order valence-corrected chi connectivity index (χ0v) is 18.4. The molecule has 0 unspecified atom stereocenters. The average molecular weight is 537 g/mol. The highest BCUT2D eigenvalue weighted by Gasteiger charge is 2.27. The molecule has 0 bridgehead atoms. The van der Waals surface area contributed by atoms with Crippen LogP contribution in [0.2, 0.25) is 0 Å². The van der Waals surface area contributed by atoms with E-state index in [0.29, 0.717) is 5.56 Å². The van der Waals surface area contributed by atoms with Gasteiger partial charge in [0.25, 0.3) is 0 Å². The lowest BCUT2D eigenvalue weighted by molar-refractivity contribution is -0.122. The van der Waals surface area contributed by atoms with Crippen molar-refractivity contribution >= 4 is 62.9 Å². The molecule has 6 nitrogen and oxygen atoms in total. The largest absolute Gasteiger partial charge is 0.405 e. The average Bonchev–Trinajstić information content (AvgIpc) is 2.63. The Bertz CT molecular complexity index is 834. The second-order valence-electron chi connectivity index (χ2n) is 5.43. The van der Waals surface area contributed by atoms with Crippen molar-refractivity contribution in [2.24, 2.45) is 20.4 Å². The first-order valence-corrected chi connectivity index (χ1v) is 9.49. The monoisotopic (exact) mass is 536 g/mol. The Kier molecular flexibility index (Phi) is 10.2. The molecule has 0 aliphatic heterocycles. The molecule has 15 heteroatoms. The van der Waals surface area contributed by atoms with E-state index < -0.39 is 35.8 Å². The molecule has 2 N–H and O–H groups in total. The summed E-state index contributed by atoms with van der Waals surface area (Å²) in [4.78, 5) is 0. The van der Waals surface area contributed by atoms with Crippen molar-refractivity contribution in [3.63, 3.8) is 0 Å². The van der Waals surface area contributed by atoms with Gasteiger partial charge in [0.05, 0.1) is 5.71 Å². The fourth-order valence-electron chi connectivity index (χ4n) is 1.64. The first kappa shape index (κ1) is 26.3. The summed E-state index contributed by atoms with van der Waals surface area (Å²) < 4.78 is 74.1. The van der Waals surface area contributed by atoms with Gasteiger partial charge in [-0.25, -0.2) is 0 Å². The van der Waals surface area contributed by atoms with Gasteiger partial charge in [-0.3, -0.25) is 0 Å². The topological polar surface area (TPSA) is 73.5 Å². The van der Waals surface area contributed by atoms with Crippen LogP contribution in [0.4, 0.5) is 26.3 Å². The van der Waals surface area contributed by atoms with Gasteiger partial charge in [-0.05, 0) is 19.1 Å². The molecule has 0 amide bonds. The minimum Gasteiger partial charge on any atom is -0.354 e. The predicted octanol–water partition coefficient (Wildman–Crippen LogP) is 4.40. The van der Waals surface area contributed by atoms with E-state index >= 15 is 0 Å². The Morgan fingerprint density at radius 1 is 0.833 bits per heavy atom. The van der Waals surface area contributed by atoms with Gasteiger partial charge in [0.15, 0.2) is 10.3 Å². The number of hydrogen-bond acceptors (Lipinski definition) is 4. The summed E-state index contributed by atoms with van der Waals surface area (Å²) in [6, 6.07) is 6.57. The summed E-state index contributed by atoms with van der Waals surface area (Å²) in [6.45, 7) is -1.27. The molecule has 0 fully saturated rings. The van der Waals surface area contributed by atoms with Crippen molar-refractivity contribution in [1.29, 1.82) is 0 Å². The van der Waals surface area contributed by atoms with Gasteiger partial charge in [0, 0.05) is 10.0 Å². The molecule has 0 radical (unpaired) electrons. The van der Waals surface area contributed by atoms with Crippen LogP contribution in [0.15, 0.2) is 49.1 Å². The lowest BCUT2D eigenvalue weighted by atomic mass is 10.1. The van der Waals surface area contributed by atoms with Crippen LogP contribution in [-0.4, -0.2) is 47.2 Å². The lowest BCUT2D eigenvalue weighted by Gasteiger charge is -2.08. The van der Waals surface area contributed by atoms with Crippen molar-refractivity contribution in [2.75, 3.05) is 13.1 Å². The Labute approximate surface area is 187 Å². The first-order valence-electron chi connectivity index (χ1n) is 7.80. The zero-order chi connectivity index (χ0) is 22.9. The molecule has 166 valence electrons. The van der Waals surface area contributed by atoms with Gasteiger partial charge >= 0.3 is 12.4 Å². The molecule has 0 spiro atoms. The van der Waals surface area contributed by atoms with Crippen molar-refractivity contribution in [2.45, 2.75) is 19.3 Å². The van der Waals surface area contributed by atoms with Crippen LogP contribution in [0.5, 0.6) is 0 Å². The molecule has 0 atom stereocenters. The normalized spacial score (nSPS) is 14.7.